The Hall–Kier alpha value is -3.08. The molecule has 1 aliphatic rings. The first kappa shape index (κ1) is 18.3. The fraction of sp³-hybridized carbons (Fsp3) is 0.304. The van der Waals surface area contributed by atoms with Crippen LogP contribution in [-0.2, 0) is 6.61 Å². The minimum absolute atomic E-state index is 0.0184. The Balaban J connectivity index is 1.37. The van der Waals surface area contributed by atoms with Crippen molar-refractivity contribution in [2.75, 3.05) is 13.1 Å². The van der Waals surface area contributed by atoms with Crippen molar-refractivity contribution >= 4 is 5.91 Å². The van der Waals surface area contributed by atoms with Gasteiger partial charge in [0.2, 0.25) is 0 Å². The normalized spacial score (nSPS) is 14.8. The zero-order chi connectivity index (χ0) is 19.3. The molecule has 5 nitrogen and oxygen atoms in total. The van der Waals surface area contributed by atoms with Crippen molar-refractivity contribution in [3.8, 4) is 11.4 Å². The van der Waals surface area contributed by atoms with Crippen LogP contribution in [0.15, 0.2) is 67.0 Å². The second-order valence-corrected chi connectivity index (χ2v) is 7.36. The summed E-state index contributed by atoms with van der Waals surface area (Å²) in [7, 11) is 0. The standard InChI is InChI=1S/C23H25N3O2/c1-18-11-15-26(16-12-18)23(27)22-6-4-5-19(24-22)17-28-21-9-7-20(8-10-21)25-13-2-3-14-25/h2-10,13-14,18H,11-12,15-17H2,1H3. The van der Waals surface area contributed by atoms with Gasteiger partial charge in [0.15, 0.2) is 0 Å². The van der Waals surface area contributed by atoms with Gasteiger partial charge in [-0.25, -0.2) is 4.98 Å². The van der Waals surface area contributed by atoms with Crippen LogP contribution in [0.5, 0.6) is 5.75 Å². The molecule has 0 bridgehead atoms. The highest BCUT2D eigenvalue weighted by molar-refractivity contribution is 5.92. The van der Waals surface area contributed by atoms with Gasteiger partial charge in [-0.05, 0) is 67.3 Å². The summed E-state index contributed by atoms with van der Waals surface area (Å²) in [5.74, 6) is 1.49. The van der Waals surface area contributed by atoms with Gasteiger partial charge in [0, 0.05) is 31.2 Å². The highest BCUT2D eigenvalue weighted by Gasteiger charge is 2.22. The lowest BCUT2D eigenvalue weighted by atomic mass is 9.99. The molecule has 5 heteroatoms. The van der Waals surface area contributed by atoms with Gasteiger partial charge in [-0.15, -0.1) is 0 Å². The Bertz CT molecular complexity index is 911. The summed E-state index contributed by atoms with van der Waals surface area (Å²) >= 11 is 0. The third-order valence-electron chi connectivity index (χ3n) is 5.22. The SMILES string of the molecule is CC1CCN(C(=O)c2cccc(COc3ccc(-n4cccc4)cc3)n2)CC1. The lowest BCUT2D eigenvalue weighted by molar-refractivity contribution is 0.0690. The van der Waals surface area contributed by atoms with E-state index in [1.165, 1.54) is 0 Å². The number of hydrogen-bond acceptors (Lipinski definition) is 3. The lowest BCUT2D eigenvalue weighted by Gasteiger charge is -2.30. The molecule has 1 aromatic carbocycles. The Kier molecular flexibility index (Phi) is 5.42. The molecule has 1 saturated heterocycles. The fourth-order valence-electron chi connectivity index (χ4n) is 3.43. The predicted molar refractivity (Wildman–Crippen MR) is 109 cm³/mol. The maximum absolute atomic E-state index is 12.7. The number of ether oxygens (including phenoxy) is 1. The number of benzene rings is 1. The minimum atomic E-state index is 0.0184. The van der Waals surface area contributed by atoms with E-state index in [4.69, 9.17) is 4.74 Å². The molecule has 4 rings (SSSR count). The van der Waals surface area contributed by atoms with E-state index in [0.717, 1.165) is 43.1 Å². The van der Waals surface area contributed by atoms with Crippen molar-refractivity contribution in [1.82, 2.24) is 14.5 Å². The number of hydrogen-bond donors (Lipinski definition) is 0. The van der Waals surface area contributed by atoms with Gasteiger partial charge >= 0.3 is 0 Å². The van der Waals surface area contributed by atoms with Crippen molar-refractivity contribution in [3.63, 3.8) is 0 Å². The zero-order valence-corrected chi connectivity index (χ0v) is 16.1. The van der Waals surface area contributed by atoms with Crippen molar-refractivity contribution in [3.05, 3.63) is 78.4 Å². The Morgan fingerprint density at radius 1 is 1.04 bits per heavy atom. The molecule has 0 unspecified atom stereocenters. The number of piperidine rings is 1. The second-order valence-electron chi connectivity index (χ2n) is 7.36. The summed E-state index contributed by atoms with van der Waals surface area (Å²) < 4.78 is 7.91. The van der Waals surface area contributed by atoms with Crippen LogP contribution in [0, 0.1) is 5.92 Å². The lowest BCUT2D eigenvalue weighted by Crippen LogP contribution is -2.38. The zero-order valence-electron chi connectivity index (χ0n) is 16.1. The number of rotatable bonds is 5. The first-order valence-corrected chi connectivity index (χ1v) is 9.80. The van der Waals surface area contributed by atoms with Crippen LogP contribution in [0.25, 0.3) is 5.69 Å². The summed E-state index contributed by atoms with van der Waals surface area (Å²) in [5.41, 5.74) is 2.34. The molecule has 0 spiro atoms. The molecule has 1 fully saturated rings. The first-order valence-electron chi connectivity index (χ1n) is 9.80. The average molecular weight is 375 g/mol. The van der Waals surface area contributed by atoms with E-state index in [1.54, 1.807) is 6.07 Å². The van der Waals surface area contributed by atoms with Crippen molar-refractivity contribution in [2.24, 2.45) is 5.92 Å². The van der Waals surface area contributed by atoms with E-state index in [0.29, 0.717) is 18.2 Å². The summed E-state index contributed by atoms with van der Waals surface area (Å²) in [6.45, 7) is 4.20. The van der Waals surface area contributed by atoms with Gasteiger partial charge in [0.1, 0.15) is 18.1 Å². The number of amides is 1. The van der Waals surface area contributed by atoms with Crippen LogP contribution < -0.4 is 4.74 Å². The first-order chi connectivity index (χ1) is 13.7. The van der Waals surface area contributed by atoms with Gasteiger partial charge in [-0.2, -0.15) is 0 Å². The second kappa shape index (κ2) is 8.30. The monoisotopic (exact) mass is 375 g/mol. The summed E-state index contributed by atoms with van der Waals surface area (Å²) in [4.78, 5) is 19.1. The fourth-order valence-corrected chi connectivity index (χ4v) is 3.43. The summed E-state index contributed by atoms with van der Waals surface area (Å²) in [5, 5.41) is 0. The summed E-state index contributed by atoms with van der Waals surface area (Å²) in [6.07, 6.45) is 6.14. The van der Waals surface area contributed by atoms with Gasteiger partial charge < -0.3 is 14.2 Å². The molecular weight excluding hydrogens is 350 g/mol. The molecule has 1 amide bonds. The average Bonchev–Trinajstić information content (AvgIpc) is 3.28. The molecular formula is C23H25N3O2. The number of carbonyl (C=O) groups is 1. The predicted octanol–water partition coefficient (Wildman–Crippen LogP) is 4.32. The molecule has 28 heavy (non-hydrogen) atoms. The molecule has 0 saturated carbocycles. The minimum Gasteiger partial charge on any atom is -0.487 e. The molecule has 1 aliphatic heterocycles. The summed E-state index contributed by atoms with van der Waals surface area (Å²) in [6, 6.07) is 17.5. The third-order valence-corrected chi connectivity index (χ3v) is 5.22. The van der Waals surface area contributed by atoms with Gasteiger partial charge in [-0.3, -0.25) is 4.79 Å². The topological polar surface area (TPSA) is 47.4 Å². The van der Waals surface area contributed by atoms with E-state index in [2.05, 4.69) is 11.9 Å². The number of pyridine rings is 1. The molecule has 0 radical (unpaired) electrons. The highest BCUT2D eigenvalue weighted by Crippen LogP contribution is 2.19. The van der Waals surface area contributed by atoms with E-state index in [-0.39, 0.29) is 5.91 Å². The Morgan fingerprint density at radius 2 is 1.75 bits per heavy atom. The molecule has 144 valence electrons. The number of likely N-dealkylation sites (tertiary alicyclic amines) is 1. The van der Waals surface area contributed by atoms with Gasteiger partial charge in [0.25, 0.3) is 5.91 Å². The van der Waals surface area contributed by atoms with Crippen molar-refractivity contribution in [1.29, 1.82) is 0 Å². The Morgan fingerprint density at radius 3 is 2.46 bits per heavy atom. The van der Waals surface area contributed by atoms with Crippen LogP contribution >= 0.6 is 0 Å². The number of aromatic nitrogens is 2. The van der Waals surface area contributed by atoms with E-state index >= 15 is 0 Å². The van der Waals surface area contributed by atoms with Crippen molar-refractivity contribution < 1.29 is 9.53 Å². The quantitative estimate of drug-likeness (QED) is 0.667. The van der Waals surface area contributed by atoms with Crippen molar-refractivity contribution in [2.45, 2.75) is 26.4 Å². The molecule has 2 aromatic heterocycles. The Labute approximate surface area is 165 Å². The van der Waals surface area contributed by atoms with E-state index < -0.39 is 0 Å². The molecule has 0 aliphatic carbocycles. The maximum Gasteiger partial charge on any atom is 0.272 e. The number of nitrogens with zero attached hydrogens (tertiary/aromatic N) is 3. The molecule has 3 aromatic rings. The third kappa shape index (κ3) is 4.25. The van der Waals surface area contributed by atoms with Crippen LogP contribution in [0.2, 0.25) is 0 Å². The molecule has 0 atom stereocenters. The van der Waals surface area contributed by atoms with E-state index in [9.17, 15) is 4.79 Å². The number of carbonyl (C=O) groups excluding carboxylic acids is 1. The van der Waals surface area contributed by atoms with Crippen LogP contribution in [0.4, 0.5) is 0 Å². The smallest absolute Gasteiger partial charge is 0.272 e. The molecule has 3 heterocycles. The van der Waals surface area contributed by atoms with Gasteiger partial charge in [0.05, 0.1) is 5.69 Å². The van der Waals surface area contributed by atoms with Gasteiger partial charge in [-0.1, -0.05) is 13.0 Å². The van der Waals surface area contributed by atoms with Crippen LogP contribution in [0.1, 0.15) is 35.9 Å². The van der Waals surface area contributed by atoms with E-state index in [1.807, 2.05) is 70.4 Å². The van der Waals surface area contributed by atoms with Crippen LogP contribution in [-0.4, -0.2) is 33.4 Å². The largest absolute Gasteiger partial charge is 0.487 e. The van der Waals surface area contributed by atoms with Crippen LogP contribution in [0.3, 0.4) is 0 Å². The highest BCUT2D eigenvalue weighted by atomic mass is 16.5. The maximum atomic E-state index is 12.7. The molecule has 0 N–H and O–H groups in total.